The van der Waals surface area contributed by atoms with Crippen LogP contribution in [-0.4, -0.2) is 12.1 Å². The van der Waals surface area contributed by atoms with Gasteiger partial charge >= 0.3 is 0 Å². The van der Waals surface area contributed by atoms with Crippen LogP contribution in [-0.2, 0) is 0 Å². The van der Waals surface area contributed by atoms with Crippen LogP contribution < -0.4 is 4.74 Å². The molecule has 0 radical (unpaired) electrons. The third kappa shape index (κ3) is 3.00. The van der Waals surface area contributed by atoms with Crippen LogP contribution in [0.1, 0.15) is 16.3 Å². The van der Waals surface area contributed by atoms with E-state index in [4.69, 9.17) is 16.3 Å². The number of hydrogen-bond acceptors (Lipinski definition) is 3. The molecule has 0 saturated heterocycles. The van der Waals surface area contributed by atoms with Crippen molar-refractivity contribution in [1.29, 1.82) is 0 Å². The first-order chi connectivity index (χ1) is 8.19. The normalized spacial score (nSPS) is 9.59. The van der Waals surface area contributed by atoms with Gasteiger partial charge in [0.25, 0.3) is 0 Å². The Bertz CT molecular complexity index is 595. The molecule has 0 fully saturated rings. The van der Waals surface area contributed by atoms with Crippen molar-refractivity contribution in [2.45, 2.75) is 6.92 Å². The molecule has 2 aromatic rings. The molecule has 2 rings (SSSR count). The van der Waals surface area contributed by atoms with E-state index in [1.807, 2.05) is 18.4 Å². The highest BCUT2D eigenvalue weighted by Crippen LogP contribution is 2.24. The molecule has 0 bridgehead atoms. The molecule has 0 amide bonds. The molecule has 0 atom stereocenters. The van der Waals surface area contributed by atoms with Crippen LogP contribution in [0.4, 0.5) is 0 Å². The molecule has 0 spiro atoms. The average molecular weight is 264 g/mol. The lowest BCUT2D eigenvalue weighted by Gasteiger charge is -2.01. The number of aryl methyl sites for hydroxylation is 1. The van der Waals surface area contributed by atoms with Gasteiger partial charge in [0, 0.05) is 16.6 Å². The van der Waals surface area contributed by atoms with Crippen molar-refractivity contribution >= 4 is 22.9 Å². The number of methoxy groups -OCH3 is 1. The van der Waals surface area contributed by atoms with E-state index in [-0.39, 0.29) is 0 Å². The molecular formula is C13H10ClNOS. The van der Waals surface area contributed by atoms with Crippen molar-refractivity contribution in [3.8, 4) is 17.6 Å². The minimum Gasteiger partial charge on any atom is -0.495 e. The Balaban J connectivity index is 2.25. The summed E-state index contributed by atoms with van der Waals surface area (Å²) in [6.45, 7) is 1.95. The summed E-state index contributed by atoms with van der Waals surface area (Å²) >= 11 is 7.55. The first-order valence-electron chi connectivity index (χ1n) is 4.97. The number of rotatable bonds is 1. The molecule has 4 heteroatoms. The maximum absolute atomic E-state index is 6.01. The Morgan fingerprint density at radius 3 is 2.76 bits per heavy atom. The zero-order chi connectivity index (χ0) is 12.3. The van der Waals surface area contributed by atoms with Gasteiger partial charge in [0.05, 0.1) is 12.1 Å². The maximum Gasteiger partial charge on any atom is 0.167 e. The molecule has 0 unspecified atom stereocenters. The second-order valence-electron chi connectivity index (χ2n) is 3.39. The van der Waals surface area contributed by atoms with E-state index in [1.54, 1.807) is 19.2 Å². The Kier molecular flexibility index (Phi) is 3.68. The third-order valence-corrected chi connectivity index (χ3v) is 3.26. The molecule has 0 saturated carbocycles. The molecule has 1 aromatic carbocycles. The predicted octanol–water partition coefficient (Wildman–Crippen LogP) is 3.51. The summed E-state index contributed by atoms with van der Waals surface area (Å²) in [6.07, 6.45) is 0. The summed E-state index contributed by atoms with van der Waals surface area (Å²) < 4.78 is 5.08. The summed E-state index contributed by atoms with van der Waals surface area (Å²) in [5.41, 5.74) is 1.84. The average Bonchev–Trinajstić information content (AvgIpc) is 2.73. The van der Waals surface area contributed by atoms with Crippen LogP contribution in [0.2, 0.25) is 5.02 Å². The highest BCUT2D eigenvalue weighted by Gasteiger charge is 1.99. The van der Waals surface area contributed by atoms with Crippen molar-refractivity contribution in [3.05, 3.63) is 44.9 Å². The van der Waals surface area contributed by atoms with Gasteiger partial charge in [-0.2, -0.15) is 0 Å². The minimum atomic E-state index is 0.564. The molecule has 0 N–H and O–H groups in total. The molecule has 1 aromatic heterocycles. The fourth-order valence-corrected chi connectivity index (χ4v) is 2.18. The van der Waals surface area contributed by atoms with E-state index < -0.39 is 0 Å². The van der Waals surface area contributed by atoms with Crippen molar-refractivity contribution in [2.24, 2.45) is 0 Å². The van der Waals surface area contributed by atoms with E-state index >= 15 is 0 Å². The van der Waals surface area contributed by atoms with E-state index in [0.717, 1.165) is 16.3 Å². The summed E-state index contributed by atoms with van der Waals surface area (Å²) in [5, 5.41) is 3.36. The summed E-state index contributed by atoms with van der Waals surface area (Å²) in [7, 11) is 1.59. The summed E-state index contributed by atoms with van der Waals surface area (Å²) in [5.74, 6) is 6.68. The number of benzene rings is 1. The van der Waals surface area contributed by atoms with Gasteiger partial charge in [0.15, 0.2) is 5.01 Å². The van der Waals surface area contributed by atoms with Gasteiger partial charge in [0.1, 0.15) is 5.75 Å². The smallest absolute Gasteiger partial charge is 0.167 e. The van der Waals surface area contributed by atoms with Crippen LogP contribution in [0.5, 0.6) is 5.75 Å². The van der Waals surface area contributed by atoms with E-state index in [0.29, 0.717) is 10.8 Å². The summed E-state index contributed by atoms with van der Waals surface area (Å²) in [6, 6.07) is 5.46. The van der Waals surface area contributed by atoms with E-state index in [2.05, 4.69) is 16.8 Å². The number of nitrogens with zero attached hydrogens (tertiary/aromatic N) is 1. The largest absolute Gasteiger partial charge is 0.495 e. The molecule has 17 heavy (non-hydrogen) atoms. The minimum absolute atomic E-state index is 0.564. The van der Waals surface area contributed by atoms with Crippen LogP contribution in [0.3, 0.4) is 0 Å². The quantitative estimate of drug-likeness (QED) is 0.735. The summed E-state index contributed by atoms with van der Waals surface area (Å²) in [4.78, 5) is 4.27. The van der Waals surface area contributed by atoms with Gasteiger partial charge in [-0.05, 0) is 31.0 Å². The molecule has 86 valence electrons. The molecule has 1 heterocycles. The number of ether oxygens (including phenoxy) is 1. The van der Waals surface area contributed by atoms with Crippen LogP contribution in [0.25, 0.3) is 0 Å². The third-order valence-electron chi connectivity index (χ3n) is 2.08. The second kappa shape index (κ2) is 5.22. The number of hydrogen-bond donors (Lipinski definition) is 0. The Morgan fingerprint density at radius 2 is 2.18 bits per heavy atom. The van der Waals surface area contributed by atoms with Crippen molar-refractivity contribution < 1.29 is 4.74 Å². The molecule has 2 nitrogen and oxygen atoms in total. The number of halogens is 1. The molecule has 0 aliphatic rings. The highest BCUT2D eigenvalue weighted by atomic mass is 35.5. The number of aromatic nitrogens is 1. The van der Waals surface area contributed by atoms with Gasteiger partial charge in [-0.25, -0.2) is 4.98 Å². The SMILES string of the molecule is COc1ccc(C#Cc2nc(C)cs2)cc1Cl. The van der Waals surface area contributed by atoms with Gasteiger partial charge < -0.3 is 4.74 Å². The fourth-order valence-electron chi connectivity index (χ4n) is 1.28. The standard InChI is InChI=1S/C13H10ClNOS/c1-9-8-17-13(15-9)6-4-10-3-5-12(16-2)11(14)7-10/h3,5,7-8H,1-2H3. The lowest BCUT2D eigenvalue weighted by Crippen LogP contribution is -1.84. The van der Waals surface area contributed by atoms with Gasteiger partial charge in [-0.15, -0.1) is 11.3 Å². The highest BCUT2D eigenvalue weighted by molar-refractivity contribution is 7.10. The van der Waals surface area contributed by atoms with Gasteiger partial charge in [0.2, 0.25) is 0 Å². The van der Waals surface area contributed by atoms with Crippen LogP contribution >= 0.6 is 22.9 Å². The monoisotopic (exact) mass is 263 g/mol. The Morgan fingerprint density at radius 1 is 1.35 bits per heavy atom. The van der Waals surface area contributed by atoms with E-state index in [9.17, 15) is 0 Å². The zero-order valence-corrected chi connectivity index (χ0v) is 11.0. The van der Waals surface area contributed by atoms with Crippen LogP contribution in [0, 0.1) is 18.8 Å². The molecule has 0 aliphatic heterocycles. The first kappa shape index (κ1) is 12.0. The molecular weight excluding hydrogens is 254 g/mol. The van der Waals surface area contributed by atoms with Crippen molar-refractivity contribution in [3.63, 3.8) is 0 Å². The lowest BCUT2D eigenvalue weighted by molar-refractivity contribution is 0.415. The van der Waals surface area contributed by atoms with E-state index in [1.165, 1.54) is 11.3 Å². The number of thiazole rings is 1. The second-order valence-corrected chi connectivity index (χ2v) is 4.66. The van der Waals surface area contributed by atoms with Gasteiger partial charge in [-0.1, -0.05) is 17.5 Å². The Hall–Kier alpha value is -1.50. The van der Waals surface area contributed by atoms with Crippen molar-refractivity contribution in [1.82, 2.24) is 4.98 Å². The topological polar surface area (TPSA) is 22.1 Å². The molecule has 0 aliphatic carbocycles. The van der Waals surface area contributed by atoms with Crippen molar-refractivity contribution in [2.75, 3.05) is 7.11 Å². The predicted molar refractivity (Wildman–Crippen MR) is 70.8 cm³/mol. The first-order valence-corrected chi connectivity index (χ1v) is 6.22. The Labute approximate surface area is 109 Å². The van der Waals surface area contributed by atoms with Crippen LogP contribution in [0.15, 0.2) is 23.6 Å². The fraction of sp³-hybridized carbons (Fsp3) is 0.154. The van der Waals surface area contributed by atoms with Gasteiger partial charge in [-0.3, -0.25) is 0 Å². The zero-order valence-electron chi connectivity index (χ0n) is 9.45. The maximum atomic E-state index is 6.01. The lowest BCUT2D eigenvalue weighted by atomic mass is 10.2.